The van der Waals surface area contributed by atoms with E-state index in [-0.39, 0.29) is 12.3 Å². The number of aliphatic hydroxyl groups excluding tert-OH is 1. The number of ether oxygens (including phenoxy) is 1. The molecule has 0 aliphatic rings. The molecule has 0 aromatic heterocycles. The first kappa shape index (κ1) is 14.3. The number of nitrogens with zero attached hydrogens (tertiary/aromatic N) is 1. The summed E-state index contributed by atoms with van der Waals surface area (Å²) in [4.78, 5) is 13.1. The summed E-state index contributed by atoms with van der Waals surface area (Å²) >= 11 is 0. The molecule has 0 heterocycles. The van der Waals surface area contributed by atoms with Crippen LogP contribution in [0, 0.1) is 0 Å². The van der Waals surface area contributed by atoms with Crippen LogP contribution >= 0.6 is 0 Å². The van der Waals surface area contributed by atoms with Gasteiger partial charge in [-0.1, -0.05) is 0 Å². The number of aliphatic hydroxyl groups is 1. The van der Waals surface area contributed by atoms with Crippen LogP contribution in [-0.2, 0) is 4.79 Å². The molecule has 0 fully saturated rings. The Hall–Kier alpha value is -1.75. The summed E-state index contributed by atoms with van der Waals surface area (Å²) in [5.41, 5.74) is 6.23. The Balaban J connectivity index is 2.29. The summed E-state index contributed by atoms with van der Waals surface area (Å²) < 4.78 is 5.42. The number of carbonyl (C=O) groups is 1. The summed E-state index contributed by atoms with van der Waals surface area (Å²) in [7, 11) is 1.66. The summed E-state index contributed by atoms with van der Waals surface area (Å²) in [5.74, 6) is 0.640. The Morgan fingerprint density at radius 1 is 1.44 bits per heavy atom. The van der Waals surface area contributed by atoms with E-state index in [1.807, 2.05) is 0 Å². The molecule has 18 heavy (non-hydrogen) atoms. The molecule has 0 spiro atoms. The molecule has 0 aliphatic heterocycles. The van der Waals surface area contributed by atoms with Gasteiger partial charge in [0.2, 0.25) is 5.91 Å². The average molecular weight is 252 g/mol. The van der Waals surface area contributed by atoms with Crippen molar-refractivity contribution in [2.24, 2.45) is 0 Å². The van der Waals surface area contributed by atoms with Crippen LogP contribution in [0.1, 0.15) is 13.3 Å². The van der Waals surface area contributed by atoms with Gasteiger partial charge in [0.05, 0.1) is 19.1 Å². The molecule has 3 N–H and O–H groups in total. The molecule has 0 aliphatic carbocycles. The maximum Gasteiger partial charge on any atom is 0.225 e. The van der Waals surface area contributed by atoms with Gasteiger partial charge in [0.15, 0.2) is 0 Å². The molecular formula is C13H20N2O3. The highest BCUT2D eigenvalue weighted by molar-refractivity contribution is 5.76. The van der Waals surface area contributed by atoms with Crippen LogP contribution in [0.3, 0.4) is 0 Å². The van der Waals surface area contributed by atoms with E-state index in [9.17, 15) is 4.79 Å². The van der Waals surface area contributed by atoms with Crippen molar-refractivity contribution in [2.75, 3.05) is 25.9 Å². The number of rotatable bonds is 6. The maximum absolute atomic E-state index is 11.6. The third-order valence-electron chi connectivity index (χ3n) is 2.43. The molecule has 1 amide bonds. The van der Waals surface area contributed by atoms with Crippen LogP contribution in [0.5, 0.6) is 5.75 Å². The first-order chi connectivity index (χ1) is 8.49. The third kappa shape index (κ3) is 5.05. The maximum atomic E-state index is 11.6. The minimum atomic E-state index is -0.517. The Labute approximate surface area is 107 Å². The van der Waals surface area contributed by atoms with E-state index in [2.05, 4.69) is 0 Å². The molecule has 0 radical (unpaired) electrons. The monoisotopic (exact) mass is 252 g/mol. The minimum absolute atomic E-state index is 0.0497. The van der Waals surface area contributed by atoms with E-state index in [1.54, 1.807) is 38.2 Å². The fourth-order valence-electron chi connectivity index (χ4n) is 1.51. The Bertz CT molecular complexity index is 376. The lowest BCUT2D eigenvalue weighted by Crippen LogP contribution is -2.33. The molecule has 1 aromatic rings. The van der Waals surface area contributed by atoms with Crippen LogP contribution < -0.4 is 10.5 Å². The van der Waals surface area contributed by atoms with Crippen molar-refractivity contribution in [2.45, 2.75) is 19.4 Å². The van der Waals surface area contributed by atoms with Crippen LogP contribution in [0.2, 0.25) is 0 Å². The average Bonchev–Trinajstić information content (AvgIpc) is 2.30. The zero-order valence-electron chi connectivity index (χ0n) is 10.8. The van der Waals surface area contributed by atoms with Gasteiger partial charge in [-0.25, -0.2) is 0 Å². The lowest BCUT2D eigenvalue weighted by Gasteiger charge is -2.18. The lowest BCUT2D eigenvalue weighted by molar-refractivity contribution is -0.131. The van der Waals surface area contributed by atoms with Gasteiger partial charge in [-0.3, -0.25) is 4.79 Å². The molecule has 1 aromatic carbocycles. The number of carbonyl (C=O) groups excluding carboxylic acids is 1. The first-order valence-corrected chi connectivity index (χ1v) is 5.89. The largest absolute Gasteiger partial charge is 0.493 e. The van der Waals surface area contributed by atoms with Crippen molar-refractivity contribution in [3.05, 3.63) is 24.3 Å². The van der Waals surface area contributed by atoms with Gasteiger partial charge in [0, 0.05) is 19.3 Å². The van der Waals surface area contributed by atoms with Gasteiger partial charge in [-0.2, -0.15) is 0 Å². The fourth-order valence-corrected chi connectivity index (χ4v) is 1.51. The number of hydrogen-bond acceptors (Lipinski definition) is 4. The van der Waals surface area contributed by atoms with Crippen LogP contribution in [0.25, 0.3) is 0 Å². The van der Waals surface area contributed by atoms with Gasteiger partial charge in [-0.15, -0.1) is 0 Å². The molecule has 0 saturated carbocycles. The van der Waals surface area contributed by atoms with Crippen LogP contribution in [-0.4, -0.2) is 42.2 Å². The number of anilines is 1. The van der Waals surface area contributed by atoms with Gasteiger partial charge in [0.25, 0.3) is 0 Å². The lowest BCUT2D eigenvalue weighted by atomic mass is 10.3. The van der Waals surface area contributed by atoms with Crippen molar-refractivity contribution >= 4 is 11.6 Å². The number of likely N-dealkylation sites (N-methyl/N-ethyl adjacent to an activating group) is 1. The summed E-state index contributed by atoms with van der Waals surface area (Å²) in [6.07, 6.45) is -0.231. The zero-order chi connectivity index (χ0) is 13.5. The van der Waals surface area contributed by atoms with Gasteiger partial charge in [0.1, 0.15) is 5.75 Å². The topological polar surface area (TPSA) is 75.8 Å². The summed E-state index contributed by atoms with van der Waals surface area (Å²) in [5, 5.41) is 9.16. The molecule has 5 heteroatoms. The predicted molar refractivity (Wildman–Crippen MR) is 70.3 cm³/mol. The number of hydrogen-bond donors (Lipinski definition) is 2. The van der Waals surface area contributed by atoms with E-state index in [1.165, 1.54) is 4.90 Å². The highest BCUT2D eigenvalue weighted by Gasteiger charge is 2.10. The van der Waals surface area contributed by atoms with Crippen molar-refractivity contribution < 1.29 is 14.6 Å². The van der Waals surface area contributed by atoms with E-state index in [0.29, 0.717) is 24.6 Å². The molecule has 5 nitrogen and oxygen atoms in total. The SMILES string of the molecule is CC(O)CN(C)C(=O)CCOc1ccc(N)cc1. The van der Waals surface area contributed by atoms with E-state index >= 15 is 0 Å². The molecule has 1 rings (SSSR count). The van der Waals surface area contributed by atoms with E-state index < -0.39 is 6.10 Å². The fraction of sp³-hybridized carbons (Fsp3) is 0.462. The highest BCUT2D eigenvalue weighted by atomic mass is 16.5. The van der Waals surface area contributed by atoms with E-state index in [4.69, 9.17) is 15.6 Å². The quantitative estimate of drug-likeness (QED) is 0.737. The molecule has 0 saturated heterocycles. The minimum Gasteiger partial charge on any atom is -0.493 e. The van der Waals surface area contributed by atoms with Gasteiger partial charge < -0.3 is 20.5 Å². The Kier molecular flexibility index (Phi) is 5.45. The Morgan fingerprint density at radius 2 is 2.06 bits per heavy atom. The second-order valence-corrected chi connectivity index (χ2v) is 4.29. The van der Waals surface area contributed by atoms with Crippen molar-refractivity contribution in [3.8, 4) is 5.75 Å². The number of amides is 1. The second-order valence-electron chi connectivity index (χ2n) is 4.29. The Morgan fingerprint density at radius 3 is 2.61 bits per heavy atom. The molecular weight excluding hydrogens is 232 g/mol. The summed E-state index contributed by atoms with van der Waals surface area (Å²) in [6, 6.07) is 7.02. The van der Waals surface area contributed by atoms with Crippen LogP contribution in [0.15, 0.2) is 24.3 Å². The molecule has 1 atom stereocenters. The predicted octanol–water partition coefficient (Wildman–Crippen LogP) is 0.877. The normalized spacial score (nSPS) is 11.9. The van der Waals surface area contributed by atoms with Gasteiger partial charge in [-0.05, 0) is 31.2 Å². The number of nitrogens with two attached hydrogens (primary N) is 1. The van der Waals surface area contributed by atoms with Crippen molar-refractivity contribution in [1.29, 1.82) is 0 Å². The zero-order valence-corrected chi connectivity index (χ0v) is 10.8. The smallest absolute Gasteiger partial charge is 0.225 e. The number of benzene rings is 1. The molecule has 100 valence electrons. The van der Waals surface area contributed by atoms with Crippen LogP contribution in [0.4, 0.5) is 5.69 Å². The molecule has 1 unspecified atom stereocenters. The standard InChI is InChI=1S/C13H20N2O3/c1-10(16)9-15(2)13(17)7-8-18-12-5-3-11(14)4-6-12/h3-6,10,16H,7-9,14H2,1-2H3. The third-order valence-corrected chi connectivity index (χ3v) is 2.43. The second kappa shape index (κ2) is 6.86. The highest BCUT2D eigenvalue weighted by Crippen LogP contribution is 2.13. The number of nitrogen functional groups attached to an aromatic ring is 1. The van der Waals surface area contributed by atoms with E-state index in [0.717, 1.165) is 0 Å². The summed E-state index contributed by atoms with van der Waals surface area (Å²) in [6.45, 7) is 2.29. The molecule has 0 bridgehead atoms. The first-order valence-electron chi connectivity index (χ1n) is 5.89. The van der Waals surface area contributed by atoms with Crippen molar-refractivity contribution in [1.82, 2.24) is 4.90 Å². The van der Waals surface area contributed by atoms with Crippen molar-refractivity contribution in [3.63, 3.8) is 0 Å². The van der Waals surface area contributed by atoms with Gasteiger partial charge >= 0.3 is 0 Å².